The predicted molar refractivity (Wildman–Crippen MR) is 450 cm³/mol. The van der Waals surface area contributed by atoms with Crippen molar-refractivity contribution < 1.29 is 155 Å². The molecule has 19 N–H and O–H groups in total. The van der Waals surface area contributed by atoms with Gasteiger partial charge in [-0.15, -0.1) is 0 Å². The summed E-state index contributed by atoms with van der Waals surface area (Å²) in [5, 5.41) is 78.0. The molecule has 0 radical (unpaired) electrons. The van der Waals surface area contributed by atoms with Gasteiger partial charge in [0.25, 0.3) is 0 Å². The minimum Gasteiger partial charge on any atom is -0.508 e. The van der Waals surface area contributed by atoms with Gasteiger partial charge in [-0.25, -0.2) is 43.2 Å². The van der Waals surface area contributed by atoms with Gasteiger partial charge in [0.2, 0.25) is 0 Å². The van der Waals surface area contributed by atoms with E-state index in [0.29, 0.717) is 42.7 Å². The zero-order chi connectivity index (χ0) is 93.8. The predicted octanol–water partition coefficient (Wildman–Crippen LogP) is 8.97. The number of nitrogens with one attached hydrogen (secondary N) is 3. The largest absolute Gasteiger partial charge is 0.513 e. The van der Waals surface area contributed by atoms with E-state index in [9.17, 15) is 57.5 Å². The number of alkyl carbamates (subject to hydrolysis) is 3. The highest BCUT2D eigenvalue weighted by molar-refractivity contribution is 5.84. The van der Waals surface area contributed by atoms with Crippen LogP contribution >= 0.6 is 0 Å². The molecule has 684 valence electrons. The van der Waals surface area contributed by atoms with E-state index >= 15 is 0 Å². The van der Waals surface area contributed by atoms with Crippen molar-refractivity contribution in [1.29, 1.82) is 0 Å². The van der Waals surface area contributed by atoms with Crippen LogP contribution in [0.3, 0.4) is 0 Å². The molecule has 7 aromatic rings. The lowest BCUT2D eigenvalue weighted by Crippen LogP contribution is -2.43. The summed E-state index contributed by atoms with van der Waals surface area (Å²) < 4.78 is 58.5. The number of carboxylic acid groups (broad SMARTS) is 3. The molecule has 39 nitrogen and oxygen atoms in total. The Morgan fingerprint density at radius 1 is 0.304 bits per heavy atom. The quantitative estimate of drug-likeness (QED) is 0.00762. The van der Waals surface area contributed by atoms with Crippen LogP contribution in [0.15, 0.2) is 164 Å². The SMILES string of the molecule is CCOC(=O)NC(Cc1ccc(OC(=O)OCC)c(OC(=O)OCC)c1)C(=O)OCC.CCOC(=O)NC(Cc1ccc(OC(=O)OCC)cc1)C(=O)OCC.CCOC(=O)NC(Cc1ccccc1)C(=O)OCC.NC(Cc1ccc(O)c(O)c1)C(=O)O.NC(Cc1ccc(O)cc1)C(=O)O.NC(Cc1ccccc1)C(=O)O.NCCc1ccc(O)c(O)c1. The number of phenols is 5. The fourth-order valence-corrected chi connectivity index (χ4v) is 9.69. The molecule has 0 aliphatic carbocycles. The van der Waals surface area contributed by atoms with Crippen molar-refractivity contribution in [3.8, 4) is 46.0 Å². The molecule has 0 heterocycles. The molecule has 0 aliphatic heterocycles. The molecular weight excluding hydrogens is 1640 g/mol. The molecule has 0 bridgehead atoms. The lowest BCUT2D eigenvalue weighted by Gasteiger charge is -2.18. The summed E-state index contributed by atoms with van der Waals surface area (Å²) in [6.45, 7) is 17.0. The van der Waals surface area contributed by atoms with E-state index in [2.05, 4.69) is 20.7 Å². The van der Waals surface area contributed by atoms with Gasteiger partial charge >= 0.3 is 72.6 Å². The van der Waals surface area contributed by atoms with Gasteiger partial charge in [-0.1, -0.05) is 103 Å². The van der Waals surface area contributed by atoms with Crippen LogP contribution in [0.4, 0.5) is 28.8 Å². The topological polar surface area (TPSA) is 618 Å². The molecule has 0 saturated heterocycles. The molecule has 0 aliphatic rings. The third-order valence-electron chi connectivity index (χ3n) is 15.5. The average molecular weight is 1760 g/mol. The minimum absolute atomic E-state index is 0.0173. The fraction of sp³-hybridized carbons (Fsp3) is 0.372. The second-order valence-electron chi connectivity index (χ2n) is 25.2. The molecule has 0 saturated carbocycles. The van der Waals surface area contributed by atoms with Gasteiger partial charge in [0.1, 0.15) is 47.8 Å². The van der Waals surface area contributed by atoms with Crippen molar-refractivity contribution in [1.82, 2.24) is 16.0 Å². The van der Waals surface area contributed by atoms with Crippen molar-refractivity contribution >= 4 is 72.6 Å². The summed E-state index contributed by atoms with van der Waals surface area (Å²) in [5.41, 5.74) is 26.7. The van der Waals surface area contributed by atoms with Crippen molar-refractivity contribution in [2.75, 3.05) is 66.0 Å². The molecule has 6 unspecified atom stereocenters. The van der Waals surface area contributed by atoms with Gasteiger partial charge in [0.05, 0.1) is 59.5 Å². The maximum absolute atomic E-state index is 12.2. The molecule has 0 spiro atoms. The summed E-state index contributed by atoms with van der Waals surface area (Å²) in [5.74, 6) is -5.22. The molecular formula is C86H113N7O32. The highest BCUT2D eigenvalue weighted by atomic mass is 16.7. The molecule has 7 aromatic carbocycles. The smallest absolute Gasteiger partial charge is 0.508 e. The van der Waals surface area contributed by atoms with Crippen LogP contribution in [0, 0.1) is 0 Å². The number of ether oxygens (including phenoxy) is 12. The minimum atomic E-state index is -1.10. The Balaban J connectivity index is 0.000000752. The first-order valence-corrected chi connectivity index (χ1v) is 39.1. The van der Waals surface area contributed by atoms with Crippen LogP contribution < -0.4 is 53.1 Å². The Morgan fingerprint density at radius 2 is 0.592 bits per heavy atom. The molecule has 0 aromatic heterocycles. The number of aliphatic carboxylic acids is 3. The number of carbonyl (C=O) groups excluding carboxylic acids is 9. The summed E-state index contributed by atoms with van der Waals surface area (Å²) >= 11 is 0. The molecule has 6 atom stereocenters. The number of aromatic hydroxyl groups is 5. The van der Waals surface area contributed by atoms with Crippen LogP contribution in [0.2, 0.25) is 0 Å². The first-order chi connectivity index (χ1) is 59.5. The highest BCUT2D eigenvalue weighted by Gasteiger charge is 2.28. The lowest BCUT2D eigenvalue weighted by molar-refractivity contribution is -0.146. The van der Waals surface area contributed by atoms with E-state index in [0.717, 1.165) is 27.8 Å². The van der Waals surface area contributed by atoms with Crippen molar-refractivity contribution in [3.05, 3.63) is 203 Å². The van der Waals surface area contributed by atoms with Gasteiger partial charge in [0, 0.05) is 19.3 Å². The summed E-state index contributed by atoms with van der Waals surface area (Å²) in [6, 6.07) is 39.2. The number of carbonyl (C=O) groups is 12. The lowest BCUT2D eigenvalue weighted by atomic mass is 10.1. The van der Waals surface area contributed by atoms with Gasteiger partial charge in [-0.05, 0) is 194 Å². The van der Waals surface area contributed by atoms with Crippen LogP contribution in [-0.4, -0.2) is 216 Å². The standard InChI is InChI=1S/C20H27NO10.C17H23NO7.C14H19NO4.C9H11NO4.C9H11NO3.C9H11NO2.C8H11NO2/c1-5-26-17(22)14(21-18(23)27-6-2)11-13-9-10-15(30-19(24)28-7-3)16(12-13)31-20(25)29-8-4;1-4-22-15(19)14(18-16(20)23-5-2)11-12-7-9-13(10-8-12)25-17(21)24-6-3;1-3-18-13(16)12(15-14(17)19-4-2)10-11-8-6-5-7-9-11;10-6(9(13)14)3-5-1-2-7(11)8(12)4-5;10-8(9(12)13)5-6-1-3-7(11)4-2-6;10-8(9(11)12)6-7-4-2-1-3-5-7;9-4-3-6-1-2-7(10)8(11)5-6/h9-10,12,14H,5-8,11H2,1-4H3,(H,21,23);7-10,14H,4-6,11H2,1-3H3,(H,18,20);5-9,12H,3-4,10H2,1-2H3,(H,15,17);1-2,4,6,11-12H,3,10H2,(H,13,14);1-4,8,11H,5,10H2,(H,12,13);1-5,8H,6,10H2,(H,11,12);1-2,5,10-11H,3-4,9H2. The molecule has 0 fully saturated rings. The Labute approximate surface area is 722 Å². The molecule has 7 rings (SSSR count). The Kier molecular flexibility index (Phi) is 54.7. The van der Waals surface area contributed by atoms with Crippen molar-refractivity contribution in [2.24, 2.45) is 22.9 Å². The zero-order valence-corrected chi connectivity index (χ0v) is 70.8. The van der Waals surface area contributed by atoms with Gasteiger partial charge in [-0.2, -0.15) is 0 Å². The van der Waals surface area contributed by atoms with E-state index < -0.39 is 109 Å². The Hall–Kier alpha value is -14.2. The van der Waals surface area contributed by atoms with Crippen molar-refractivity contribution in [2.45, 2.75) is 144 Å². The van der Waals surface area contributed by atoms with Crippen LogP contribution in [0.1, 0.15) is 101 Å². The first kappa shape index (κ1) is 109. The normalized spacial score (nSPS) is 11.4. The zero-order valence-electron chi connectivity index (χ0n) is 70.8. The van der Waals surface area contributed by atoms with E-state index in [1.165, 1.54) is 60.7 Å². The number of rotatable bonds is 35. The van der Waals surface area contributed by atoms with E-state index in [1.807, 2.05) is 60.7 Å². The molecule has 125 heavy (non-hydrogen) atoms. The summed E-state index contributed by atoms with van der Waals surface area (Å²) in [4.78, 5) is 137. The Bertz CT molecular complexity index is 4410. The Morgan fingerprint density at radius 3 is 0.952 bits per heavy atom. The number of carboxylic acids is 3. The maximum atomic E-state index is 12.2. The average Bonchev–Trinajstić information content (AvgIpc) is 0.834. The van der Waals surface area contributed by atoms with Crippen LogP contribution in [-0.2, 0) is 116 Å². The number of nitrogens with two attached hydrogens (primary N) is 4. The maximum Gasteiger partial charge on any atom is 0.513 e. The van der Waals surface area contributed by atoms with E-state index in [4.69, 9.17) is 116 Å². The number of hydrogen-bond donors (Lipinski definition) is 15. The number of benzene rings is 7. The van der Waals surface area contributed by atoms with Crippen LogP contribution in [0.5, 0.6) is 46.0 Å². The van der Waals surface area contributed by atoms with E-state index in [1.54, 1.807) is 105 Å². The molecule has 3 amide bonds. The number of hydrogen-bond acceptors (Lipinski definition) is 33. The monoisotopic (exact) mass is 1760 g/mol. The second kappa shape index (κ2) is 62.9. The van der Waals surface area contributed by atoms with E-state index in [-0.39, 0.29) is 125 Å². The van der Waals surface area contributed by atoms with Gasteiger partial charge < -0.3 is 137 Å². The number of amides is 3. The number of esters is 3. The van der Waals surface area contributed by atoms with Gasteiger partial charge in [-0.3, -0.25) is 14.4 Å². The molecule has 39 heteroatoms. The highest BCUT2D eigenvalue weighted by Crippen LogP contribution is 2.31. The van der Waals surface area contributed by atoms with Crippen molar-refractivity contribution in [3.63, 3.8) is 0 Å². The summed E-state index contributed by atoms with van der Waals surface area (Å²) in [7, 11) is 0. The summed E-state index contributed by atoms with van der Waals surface area (Å²) in [6.07, 6.45) is -2.83. The van der Waals surface area contributed by atoms with Gasteiger partial charge in [0.15, 0.2) is 34.5 Å². The third-order valence-corrected chi connectivity index (χ3v) is 15.5. The third kappa shape index (κ3) is 48.2. The van der Waals surface area contributed by atoms with Crippen LogP contribution in [0.25, 0.3) is 0 Å². The number of phenolic OH excluding ortho intramolecular Hbond substituents is 5. The first-order valence-electron chi connectivity index (χ1n) is 39.1. The second-order valence-corrected chi connectivity index (χ2v) is 25.2. The fourth-order valence-electron chi connectivity index (χ4n) is 9.69.